The maximum atomic E-state index is 13.1. The third kappa shape index (κ3) is 5.27. The highest BCUT2D eigenvalue weighted by molar-refractivity contribution is 6.39. The first-order chi connectivity index (χ1) is 16.7. The quantitative estimate of drug-likeness (QED) is 0.411. The Morgan fingerprint density at radius 2 is 1.57 bits per heavy atom. The lowest BCUT2D eigenvalue weighted by atomic mass is 10.1. The number of rotatable bonds is 6. The smallest absolute Gasteiger partial charge is 0.335 e. The van der Waals surface area contributed by atoms with Gasteiger partial charge in [0.25, 0.3) is 11.8 Å². The number of imide groups is 2. The van der Waals surface area contributed by atoms with Gasteiger partial charge in [0.2, 0.25) is 0 Å². The van der Waals surface area contributed by atoms with Crippen molar-refractivity contribution in [3.8, 4) is 5.75 Å². The van der Waals surface area contributed by atoms with Gasteiger partial charge in [0.1, 0.15) is 17.9 Å². The molecule has 0 spiro atoms. The summed E-state index contributed by atoms with van der Waals surface area (Å²) in [6, 6.07) is 17.7. The van der Waals surface area contributed by atoms with Crippen LogP contribution in [0.3, 0.4) is 0 Å². The minimum absolute atomic E-state index is 0.157. The van der Waals surface area contributed by atoms with Crippen LogP contribution < -0.4 is 15.0 Å². The highest BCUT2D eigenvalue weighted by Crippen LogP contribution is 2.25. The second-order valence-corrected chi connectivity index (χ2v) is 8.16. The molecule has 8 heteroatoms. The molecule has 0 unspecified atom stereocenters. The number of anilines is 1. The molecule has 4 rings (SSSR count). The molecule has 1 aliphatic heterocycles. The van der Waals surface area contributed by atoms with E-state index in [2.05, 4.69) is 5.32 Å². The van der Waals surface area contributed by atoms with Crippen molar-refractivity contribution in [3.05, 3.63) is 100 Å². The maximum absolute atomic E-state index is 13.1. The van der Waals surface area contributed by atoms with Gasteiger partial charge in [0, 0.05) is 0 Å². The van der Waals surface area contributed by atoms with E-state index in [1.807, 2.05) is 19.9 Å². The number of hydrogen-bond acceptors (Lipinski definition) is 5. The van der Waals surface area contributed by atoms with E-state index in [1.54, 1.807) is 48.5 Å². The number of benzene rings is 3. The number of carboxylic acids is 1. The van der Waals surface area contributed by atoms with Gasteiger partial charge in [-0.2, -0.15) is 0 Å². The molecule has 0 atom stereocenters. The molecule has 0 radical (unpaired) electrons. The fourth-order valence-electron chi connectivity index (χ4n) is 3.71. The van der Waals surface area contributed by atoms with Crippen LogP contribution in [0.1, 0.15) is 32.6 Å². The fourth-order valence-corrected chi connectivity index (χ4v) is 3.71. The normalized spacial score (nSPS) is 14.7. The SMILES string of the molecule is Cc1cc(C)cc(N2C(=O)NC(=O)/C(=C\c3ccc(OCc4ccc(C(=O)O)cc4)cc3)C2=O)c1. The number of aryl methyl sites for hydroxylation is 2. The van der Waals surface area contributed by atoms with Crippen LogP contribution in [-0.2, 0) is 16.2 Å². The molecule has 0 aliphatic carbocycles. The van der Waals surface area contributed by atoms with E-state index in [0.29, 0.717) is 17.0 Å². The molecule has 2 N–H and O–H groups in total. The summed E-state index contributed by atoms with van der Waals surface area (Å²) < 4.78 is 5.72. The predicted octanol–water partition coefficient (Wildman–Crippen LogP) is 4.25. The minimum atomic E-state index is -0.992. The van der Waals surface area contributed by atoms with Gasteiger partial charge in [-0.15, -0.1) is 0 Å². The van der Waals surface area contributed by atoms with E-state index in [-0.39, 0.29) is 17.7 Å². The number of carbonyl (C=O) groups is 4. The lowest BCUT2D eigenvalue weighted by Gasteiger charge is -2.27. The van der Waals surface area contributed by atoms with Crippen molar-refractivity contribution >= 4 is 35.6 Å². The Labute approximate surface area is 201 Å². The number of amides is 4. The second kappa shape index (κ2) is 9.64. The average molecular weight is 470 g/mol. The van der Waals surface area contributed by atoms with E-state index in [9.17, 15) is 19.2 Å². The van der Waals surface area contributed by atoms with Gasteiger partial charge < -0.3 is 9.84 Å². The predicted molar refractivity (Wildman–Crippen MR) is 129 cm³/mol. The summed E-state index contributed by atoms with van der Waals surface area (Å²) in [5.74, 6) is -1.89. The first kappa shape index (κ1) is 23.4. The van der Waals surface area contributed by atoms with Crippen LogP contribution in [0.15, 0.2) is 72.3 Å². The lowest BCUT2D eigenvalue weighted by molar-refractivity contribution is -0.122. The van der Waals surface area contributed by atoms with Crippen LogP contribution in [-0.4, -0.2) is 28.9 Å². The summed E-state index contributed by atoms with van der Waals surface area (Å²) in [6.07, 6.45) is 1.42. The van der Waals surface area contributed by atoms with Crippen molar-refractivity contribution in [2.45, 2.75) is 20.5 Å². The molecule has 1 heterocycles. The largest absolute Gasteiger partial charge is 0.489 e. The van der Waals surface area contributed by atoms with Gasteiger partial charge in [0.05, 0.1) is 11.3 Å². The number of ether oxygens (including phenoxy) is 1. The maximum Gasteiger partial charge on any atom is 0.335 e. The number of nitrogens with zero attached hydrogens (tertiary/aromatic N) is 1. The highest BCUT2D eigenvalue weighted by Gasteiger charge is 2.36. The van der Waals surface area contributed by atoms with Crippen LogP contribution in [0.4, 0.5) is 10.5 Å². The summed E-state index contributed by atoms with van der Waals surface area (Å²) in [5, 5.41) is 11.2. The Morgan fingerprint density at radius 1 is 0.943 bits per heavy atom. The Morgan fingerprint density at radius 3 is 2.17 bits per heavy atom. The van der Waals surface area contributed by atoms with Gasteiger partial charge >= 0.3 is 12.0 Å². The Balaban J connectivity index is 1.49. The van der Waals surface area contributed by atoms with Crippen LogP contribution in [0, 0.1) is 13.8 Å². The summed E-state index contributed by atoms with van der Waals surface area (Å²) in [6.45, 7) is 3.97. The third-order valence-corrected chi connectivity index (χ3v) is 5.36. The molecule has 4 amide bonds. The topological polar surface area (TPSA) is 113 Å². The Kier molecular flexibility index (Phi) is 6.46. The molecule has 0 saturated carbocycles. The van der Waals surface area contributed by atoms with Crippen molar-refractivity contribution in [2.75, 3.05) is 4.90 Å². The number of carbonyl (C=O) groups excluding carboxylic acids is 3. The number of aromatic carboxylic acids is 1. The van der Waals surface area contributed by atoms with E-state index >= 15 is 0 Å². The summed E-state index contributed by atoms with van der Waals surface area (Å²) in [7, 11) is 0. The van der Waals surface area contributed by atoms with Crippen molar-refractivity contribution in [1.82, 2.24) is 5.32 Å². The van der Waals surface area contributed by atoms with Crippen molar-refractivity contribution in [3.63, 3.8) is 0 Å². The summed E-state index contributed by atoms with van der Waals surface area (Å²) >= 11 is 0. The van der Waals surface area contributed by atoms with E-state index in [4.69, 9.17) is 9.84 Å². The molecule has 0 bridgehead atoms. The first-order valence-corrected chi connectivity index (χ1v) is 10.8. The number of nitrogens with one attached hydrogen (secondary N) is 1. The van der Waals surface area contributed by atoms with E-state index in [1.165, 1.54) is 18.2 Å². The molecule has 1 aliphatic rings. The van der Waals surface area contributed by atoms with Crippen LogP contribution in [0.25, 0.3) is 6.08 Å². The monoisotopic (exact) mass is 470 g/mol. The number of carboxylic acid groups (broad SMARTS) is 1. The molecule has 1 fully saturated rings. The lowest BCUT2D eigenvalue weighted by Crippen LogP contribution is -2.54. The third-order valence-electron chi connectivity index (χ3n) is 5.36. The van der Waals surface area contributed by atoms with Crippen molar-refractivity contribution in [1.29, 1.82) is 0 Å². The molecule has 0 aromatic heterocycles. The van der Waals surface area contributed by atoms with Gasteiger partial charge in [-0.05, 0) is 78.6 Å². The molecule has 176 valence electrons. The fraction of sp³-hybridized carbons (Fsp3) is 0.111. The molecular weight excluding hydrogens is 448 g/mol. The standard InChI is InChI=1S/C27H22N2O6/c1-16-11-17(2)13-21(12-16)29-25(31)23(24(30)28-27(29)34)14-18-5-9-22(10-6-18)35-15-19-3-7-20(8-4-19)26(32)33/h3-14H,15H2,1-2H3,(H,32,33)(H,28,30,34)/b23-14+. The molecule has 3 aromatic rings. The minimum Gasteiger partial charge on any atom is -0.489 e. The Bertz CT molecular complexity index is 1340. The summed E-state index contributed by atoms with van der Waals surface area (Å²) in [5.41, 5.74) is 3.59. The van der Waals surface area contributed by atoms with Crippen molar-refractivity contribution in [2.24, 2.45) is 0 Å². The van der Waals surface area contributed by atoms with Crippen molar-refractivity contribution < 1.29 is 29.0 Å². The van der Waals surface area contributed by atoms with Gasteiger partial charge in [-0.1, -0.05) is 30.3 Å². The molecular formula is C27H22N2O6. The molecule has 3 aromatic carbocycles. The number of urea groups is 1. The van der Waals surface area contributed by atoms with Crippen LogP contribution in [0.5, 0.6) is 5.75 Å². The Hall–Kier alpha value is -4.72. The van der Waals surface area contributed by atoms with Gasteiger partial charge in [-0.3, -0.25) is 14.9 Å². The zero-order valence-electron chi connectivity index (χ0n) is 19.1. The highest BCUT2D eigenvalue weighted by atomic mass is 16.5. The van der Waals surface area contributed by atoms with Gasteiger partial charge in [-0.25, -0.2) is 14.5 Å². The number of barbiturate groups is 1. The zero-order valence-corrected chi connectivity index (χ0v) is 19.1. The zero-order chi connectivity index (χ0) is 25.1. The summed E-state index contributed by atoms with van der Waals surface area (Å²) in [4.78, 5) is 49.8. The van der Waals surface area contributed by atoms with E-state index < -0.39 is 23.8 Å². The average Bonchev–Trinajstić information content (AvgIpc) is 2.80. The molecule has 35 heavy (non-hydrogen) atoms. The van der Waals surface area contributed by atoms with E-state index in [0.717, 1.165) is 21.6 Å². The van der Waals surface area contributed by atoms with Crippen LogP contribution >= 0.6 is 0 Å². The molecule has 1 saturated heterocycles. The first-order valence-electron chi connectivity index (χ1n) is 10.8. The molecule has 8 nitrogen and oxygen atoms in total. The van der Waals surface area contributed by atoms with Gasteiger partial charge in [0.15, 0.2) is 0 Å². The van der Waals surface area contributed by atoms with Crippen LogP contribution in [0.2, 0.25) is 0 Å². The number of hydrogen-bond donors (Lipinski definition) is 2. The second-order valence-electron chi connectivity index (χ2n) is 8.16.